The summed E-state index contributed by atoms with van der Waals surface area (Å²) in [6, 6.07) is 20.8. The van der Waals surface area contributed by atoms with Crippen molar-refractivity contribution in [3.63, 3.8) is 0 Å². The third-order valence-electron chi connectivity index (χ3n) is 3.30. The van der Waals surface area contributed by atoms with Gasteiger partial charge in [0.25, 0.3) is 0 Å². The Kier molecular flexibility index (Phi) is 3.25. The molecule has 3 rings (SSSR count). The lowest BCUT2D eigenvalue weighted by atomic mass is 10.00. The van der Waals surface area contributed by atoms with E-state index >= 15 is 0 Å². The highest BCUT2D eigenvalue weighted by Crippen LogP contribution is 2.21. The predicted molar refractivity (Wildman–Crippen MR) is 78.9 cm³/mol. The first kappa shape index (κ1) is 11.9. The number of fused-ring (bicyclic) bond motifs is 1. The van der Waals surface area contributed by atoms with Gasteiger partial charge in [0, 0.05) is 11.9 Å². The van der Waals surface area contributed by atoms with Crippen LogP contribution in [0.2, 0.25) is 0 Å². The van der Waals surface area contributed by atoms with Gasteiger partial charge in [-0.3, -0.25) is 4.98 Å². The van der Waals surface area contributed by atoms with Crippen molar-refractivity contribution in [2.24, 2.45) is 5.73 Å². The largest absolute Gasteiger partial charge is 0.325 e. The van der Waals surface area contributed by atoms with Crippen molar-refractivity contribution in [2.45, 2.75) is 13.0 Å². The summed E-state index contributed by atoms with van der Waals surface area (Å²) in [6.07, 6.45) is 0.914. The number of para-hydroxylation sites is 1. The molecule has 2 nitrogen and oxygen atoms in total. The minimum atomic E-state index is 0.479. The molecule has 0 amide bonds. The molecule has 0 saturated heterocycles. The molecule has 1 aromatic heterocycles. The van der Waals surface area contributed by atoms with Gasteiger partial charge in [-0.15, -0.1) is 0 Å². The number of rotatable bonds is 3. The maximum absolute atomic E-state index is 5.74. The van der Waals surface area contributed by atoms with E-state index in [2.05, 4.69) is 47.4 Å². The summed E-state index contributed by atoms with van der Waals surface area (Å²) < 4.78 is 0. The van der Waals surface area contributed by atoms with E-state index < -0.39 is 0 Å². The van der Waals surface area contributed by atoms with Crippen LogP contribution in [0.4, 0.5) is 0 Å². The second-order valence-electron chi connectivity index (χ2n) is 4.66. The van der Waals surface area contributed by atoms with E-state index in [0.29, 0.717) is 6.54 Å². The fourth-order valence-corrected chi connectivity index (χ4v) is 2.38. The van der Waals surface area contributed by atoms with Crippen molar-refractivity contribution in [3.05, 3.63) is 77.5 Å². The topological polar surface area (TPSA) is 38.9 Å². The normalized spacial score (nSPS) is 10.8. The minimum Gasteiger partial charge on any atom is -0.325 e. The fraction of sp³-hybridized carbons (Fsp3) is 0.118. The van der Waals surface area contributed by atoms with Gasteiger partial charge in [0.15, 0.2) is 0 Å². The smallest absolute Gasteiger partial charge is 0.0708 e. The van der Waals surface area contributed by atoms with Crippen molar-refractivity contribution in [1.29, 1.82) is 0 Å². The van der Waals surface area contributed by atoms with E-state index in [9.17, 15) is 0 Å². The van der Waals surface area contributed by atoms with Crippen LogP contribution in [0.1, 0.15) is 16.8 Å². The number of aromatic nitrogens is 1. The number of nitrogens with zero attached hydrogens (tertiary/aromatic N) is 1. The molecule has 2 aromatic carbocycles. The van der Waals surface area contributed by atoms with E-state index in [-0.39, 0.29) is 0 Å². The highest BCUT2D eigenvalue weighted by atomic mass is 14.7. The van der Waals surface area contributed by atoms with Crippen molar-refractivity contribution in [2.75, 3.05) is 0 Å². The number of hydrogen-bond acceptors (Lipinski definition) is 2. The molecule has 0 aliphatic rings. The van der Waals surface area contributed by atoms with Crippen LogP contribution in [0.3, 0.4) is 0 Å². The molecule has 94 valence electrons. The van der Waals surface area contributed by atoms with Crippen LogP contribution in [0.25, 0.3) is 10.9 Å². The number of hydrogen-bond donors (Lipinski definition) is 1. The van der Waals surface area contributed by atoms with Gasteiger partial charge in [0.05, 0.1) is 11.2 Å². The Bertz CT molecular complexity index is 690. The molecule has 19 heavy (non-hydrogen) atoms. The Morgan fingerprint density at radius 3 is 2.42 bits per heavy atom. The van der Waals surface area contributed by atoms with Crippen molar-refractivity contribution in [3.8, 4) is 0 Å². The monoisotopic (exact) mass is 248 g/mol. The first-order chi connectivity index (χ1) is 9.36. The molecule has 0 saturated carbocycles. The molecular weight excluding hydrogens is 232 g/mol. The van der Waals surface area contributed by atoms with Crippen LogP contribution in [0.5, 0.6) is 0 Å². The van der Waals surface area contributed by atoms with Gasteiger partial charge in [0.1, 0.15) is 0 Å². The van der Waals surface area contributed by atoms with E-state index in [1.807, 2.05) is 18.2 Å². The minimum absolute atomic E-state index is 0.479. The predicted octanol–water partition coefficient (Wildman–Crippen LogP) is 3.28. The highest BCUT2D eigenvalue weighted by Gasteiger charge is 2.05. The molecule has 0 atom stereocenters. The zero-order chi connectivity index (χ0) is 13.1. The van der Waals surface area contributed by atoms with E-state index in [1.54, 1.807) is 0 Å². The maximum atomic E-state index is 5.74. The summed E-state index contributed by atoms with van der Waals surface area (Å²) in [5.41, 5.74) is 10.3. The van der Waals surface area contributed by atoms with Gasteiger partial charge in [0.2, 0.25) is 0 Å². The third kappa shape index (κ3) is 2.49. The molecule has 0 spiro atoms. The lowest BCUT2D eigenvalue weighted by molar-refractivity contribution is 0.996. The lowest BCUT2D eigenvalue weighted by Crippen LogP contribution is -2.02. The van der Waals surface area contributed by atoms with Crippen molar-refractivity contribution < 1.29 is 0 Å². The van der Waals surface area contributed by atoms with Crippen LogP contribution in [0, 0.1) is 0 Å². The van der Waals surface area contributed by atoms with Gasteiger partial charge < -0.3 is 5.73 Å². The Hall–Kier alpha value is -2.19. The summed E-state index contributed by atoms with van der Waals surface area (Å²) in [5.74, 6) is 0. The molecular formula is C17H16N2. The Labute approximate surface area is 112 Å². The SMILES string of the molecule is NCc1cc(Cc2ccccc2)c2ccccc2n1. The van der Waals surface area contributed by atoms with Crippen molar-refractivity contribution in [1.82, 2.24) is 4.98 Å². The van der Waals surface area contributed by atoms with Gasteiger partial charge in [-0.2, -0.15) is 0 Å². The number of pyridine rings is 1. The molecule has 0 radical (unpaired) electrons. The summed E-state index contributed by atoms with van der Waals surface area (Å²) in [4.78, 5) is 4.57. The summed E-state index contributed by atoms with van der Waals surface area (Å²) in [7, 11) is 0. The van der Waals surface area contributed by atoms with E-state index in [1.165, 1.54) is 16.5 Å². The maximum Gasteiger partial charge on any atom is 0.0708 e. The van der Waals surface area contributed by atoms with Gasteiger partial charge in [-0.1, -0.05) is 48.5 Å². The second kappa shape index (κ2) is 5.21. The average Bonchev–Trinajstić information content (AvgIpc) is 2.48. The first-order valence-electron chi connectivity index (χ1n) is 6.48. The summed E-state index contributed by atoms with van der Waals surface area (Å²) in [5, 5.41) is 1.21. The Balaban J connectivity index is 2.11. The number of nitrogens with two attached hydrogens (primary N) is 1. The first-order valence-corrected chi connectivity index (χ1v) is 6.48. The quantitative estimate of drug-likeness (QED) is 0.772. The molecule has 0 unspecified atom stereocenters. The number of benzene rings is 2. The lowest BCUT2D eigenvalue weighted by Gasteiger charge is -2.09. The molecule has 1 heterocycles. The highest BCUT2D eigenvalue weighted by molar-refractivity contribution is 5.82. The van der Waals surface area contributed by atoms with Crippen LogP contribution in [0.15, 0.2) is 60.7 Å². The van der Waals surface area contributed by atoms with E-state index in [0.717, 1.165) is 17.6 Å². The molecule has 0 aliphatic heterocycles. The fourth-order valence-electron chi connectivity index (χ4n) is 2.38. The zero-order valence-corrected chi connectivity index (χ0v) is 10.7. The molecule has 2 N–H and O–H groups in total. The summed E-state index contributed by atoms with van der Waals surface area (Å²) >= 11 is 0. The Morgan fingerprint density at radius 2 is 1.63 bits per heavy atom. The second-order valence-corrected chi connectivity index (χ2v) is 4.66. The average molecular weight is 248 g/mol. The standard InChI is InChI=1S/C17H16N2/c18-12-15-11-14(10-13-6-2-1-3-7-13)16-8-4-5-9-17(16)19-15/h1-9,11H,10,12,18H2. The molecule has 0 aliphatic carbocycles. The summed E-state index contributed by atoms with van der Waals surface area (Å²) in [6.45, 7) is 0.479. The van der Waals surface area contributed by atoms with Crippen LogP contribution >= 0.6 is 0 Å². The third-order valence-corrected chi connectivity index (χ3v) is 3.30. The molecule has 3 aromatic rings. The van der Waals surface area contributed by atoms with Crippen LogP contribution in [-0.4, -0.2) is 4.98 Å². The zero-order valence-electron chi connectivity index (χ0n) is 10.7. The van der Waals surface area contributed by atoms with Gasteiger partial charge in [-0.05, 0) is 29.7 Å². The Morgan fingerprint density at radius 1 is 0.895 bits per heavy atom. The van der Waals surface area contributed by atoms with Crippen LogP contribution in [-0.2, 0) is 13.0 Å². The van der Waals surface area contributed by atoms with Crippen molar-refractivity contribution >= 4 is 10.9 Å². The van der Waals surface area contributed by atoms with E-state index in [4.69, 9.17) is 5.73 Å². The van der Waals surface area contributed by atoms with Crippen LogP contribution < -0.4 is 5.73 Å². The molecule has 0 bridgehead atoms. The molecule has 0 fully saturated rings. The van der Waals surface area contributed by atoms with Gasteiger partial charge in [-0.25, -0.2) is 0 Å². The molecule has 2 heteroatoms. The van der Waals surface area contributed by atoms with Gasteiger partial charge >= 0.3 is 0 Å².